The number of aliphatic hydroxyl groups is 1. The second-order valence-electron chi connectivity index (χ2n) is 4.83. The topological polar surface area (TPSA) is 29.5 Å². The van der Waals surface area contributed by atoms with Gasteiger partial charge in [-0.15, -0.1) is 0 Å². The van der Waals surface area contributed by atoms with E-state index in [9.17, 15) is 5.11 Å². The van der Waals surface area contributed by atoms with E-state index in [1.54, 1.807) is 0 Å². The van der Waals surface area contributed by atoms with Gasteiger partial charge in [-0.1, -0.05) is 25.5 Å². The van der Waals surface area contributed by atoms with Crippen LogP contribution < -0.4 is 4.74 Å². The molecule has 0 saturated heterocycles. The Hall–Kier alpha value is -1.02. The number of aryl methyl sites for hydroxylation is 1. The highest BCUT2D eigenvalue weighted by atomic mass is 16.5. The van der Waals surface area contributed by atoms with Crippen molar-refractivity contribution in [2.75, 3.05) is 6.61 Å². The average Bonchev–Trinajstić information content (AvgIpc) is 2.90. The smallest absolute Gasteiger partial charge is 0.119 e. The minimum absolute atomic E-state index is 0.432. The fourth-order valence-electron chi connectivity index (χ4n) is 2.25. The molecular weight excluding hydrogens is 200 g/mol. The molecule has 1 N–H and O–H groups in total. The van der Waals surface area contributed by atoms with Crippen molar-refractivity contribution in [3.8, 4) is 5.75 Å². The molecule has 1 aromatic rings. The number of hydrogen-bond acceptors (Lipinski definition) is 2. The van der Waals surface area contributed by atoms with Gasteiger partial charge in [0.2, 0.25) is 0 Å². The van der Waals surface area contributed by atoms with Gasteiger partial charge in [-0.2, -0.15) is 0 Å². The van der Waals surface area contributed by atoms with Crippen LogP contribution in [0.3, 0.4) is 0 Å². The lowest BCUT2D eigenvalue weighted by molar-refractivity contribution is 0.0998. The van der Waals surface area contributed by atoms with E-state index < -0.39 is 5.60 Å². The molecule has 0 amide bonds. The van der Waals surface area contributed by atoms with Gasteiger partial charge in [0.25, 0.3) is 0 Å². The van der Waals surface area contributed by atoms with Gasteiger partial charge in [-0.25, -0.2) is 0 Å². The molecule has 1 saturated carbocycles. The van der Waals surface area contributed by atoms with Crippen LogP contribution in [0.2, 0.25) is 0 Å². The molecule has 1 aromatic carbocycles. The lowest BCUT2D eigenvalue weighted by Gasteiger charge is -2.11. The zero-order valence-corrected chi connectivity index (χ0v) is 10.1. The fraction of sp³-hybridized carbons (Fsp3) is 0.571. The quantitative estimate of drug-likeness (QED) is 0.826. The molecule has 0 radical (unpaired) electrons. The van der Waals surface area contributed by atoms with E-state index in [4.69, 9.17) is 4.74 Å². The van der Waals surface area contributed by atoms with E-state index in [0.717, 1.165) is 25.0 Å². The Labute approximate surface area is 97.3 Å². The van der Waals surface area contributed by atoms with Crippen molar-refractivity contribution >= 4 is 0 Å². The summed E-state index contributed by atoms with van der Waals surface area (Å²) in [4.78, 5) is 0. The van der Waals surface area contributed by atoms with Gasteiger partial charge in [-0.05, 0) is 37.0 Å². The lowest BCUT2D eigenvalue weighted by atomic mass is 10.1. The predicted octanol–water partition coefficient (Wildman–Crippen LogP) is 2.92. The Morgan fingerprint density at radius 1 is 1.50 bits per heavy atom. The molecule has 2 rings (SSSR count). The molecule has 0 spiro atoms. The average molecular weight is 220 g/mol. The van der Waals surface area contributed by atoms with Crippen molar-refractivity contribution in [3.05, 3.63) is 29.8 Å². The molecular formula is C14H20O2. The Balaban J connectivity index is 1.77. The first-order valence-electron chi connectivity index (χ1n) is 6.06. The van der Waals surface area contributed by atoms with Crippen molar-refractivity contribution in [3.63, 3.8) is 0 Å². The molecule has 1 aliphatic rings. The molecule has 1 fully saturated rings. The first-order chi connectivity index (χ1) is 7.64. The monoisotopic (exact) mass is 220 g/mol. The van der Waals surface area contributed by atoms with Gasteiger partial charge >= 0.3 is 0 Å². The van der Waals surface area contributed by atoms with Crippen LogP contribution in [-0.2, 0) is 0 Å². The van der Waals surface area contributed by atoms with Crippen LogP contribution >= 0.6 is 0 Å². The van der Waals surface area contributed by atoms with E-state index in [1.165, 1.54) is 5.56 Å². The maximum absolute atomic E-state index is 10.0. The van der Waals surface area contributed by atoms with Crippen LogP contribution in [0.25, 0.3) is 0 Å². The van der Waals surface area contributed by atoms with E-state index in [1.807, 2.05) is 31.2 Å². The summed E-state index contributed by atoms with van der Waals surface area (Å²) in [5, 5.41) is 10.0. The van der Waals surface area contributed by atoms with Crippen LogP contribution in [0.5, 0.6) is 5.75 Å². The maximum Gasteiger partial charge on any atom is 0.119 e. The normalized spacial score (nSPS) is 27.8. The first-order valence-corrected chi connectivity index (χ1v) is 6.06. The Bertz CT molecular complexity index is 362. The Morgan fingerprint density at radius 3 is 2.94 bits per heavy atom. The van der Waals surface area contributed by atoms with Crippen LogP contribution in [-0.4, -0.2) is 17.3 Å². The van der Waals surface area contributed by atoms with Crippen LogP contribution in [0, 0.1) is 12.8 Å². The highest BCUT2D eigenvalue weighted by Crippen LogP contribution is 2.48. The summed E-state index contributed by atoms with van der Waals surface area (Å²) in [5.41, 5.74) is 0.771. The summed E-state index contributed by atoms with van der Waals surface area (Å²) in [6.45, 7) is 4.79. The standard InChI is InChI=1S/C14H20O2/c1-3-12-10-14(12,15)7-8-16-13-6-4-5-11(2)9-13/h4-6,9,12,15H,3,7-8,10H2,1-2H3. The molecule has 2 atom stereocenters. The third-order valence-corrected chi connectivity index (χ3v) is 3.49. The molecule has 88 valence electrons. The number of rotatable bonds is 5. The summed E-state index contributed by atoms with van der Waals surface area (Å²) in [5.74, 6) is 1.39. The molecule has 2 unspecified atom stereocenters. The van der Waals surface area contributed by atoms with Crippen molar-refractivity contribution in [1.82, 2.24) is 0 Å². The molecule has 2 nitrogen and oxygen atoms in total. The van der Waals surface area contributed by atoms with Crippen LogP contribution in [0.1, 0.15) is 31.7 Å². The summed E-state index contributed by atoms with van der Waals surface area (Å²) >= 11 is 0. The van der Waals surface area contributed by atoms with E-state index in [2.05, 4.69) is 6.92 Å². The summed E-state index contributed by atoms with van der Waals surface area (Å²) < 4.78 is 5.64. The minimum Gasteiger partial charge on any atom is -0.493 e. The molecule has 0 aliphatic heterocycles. The van der Waals surface area contributed by atoms with Gasteiger partial charge < -0.3 is 9.84 Å². The number of ether oxygens (including phenoxy) is 1. The third-order valence-electron chi connectivity index (χ3n) is 3.49. The highest BCUT2D eigenvalue weighted by Gasteiger charge is 2.50. The van der Waals surface area contributed by atoms with Gasteiger partial charge in [0, 0.05) is 6.42 Å². The largest absolute Gasteiger partial charge is 0.493 e. The van der Waals surface area contributed by atoms with Crippen molar-refractivity contribution in [1.29, 1.82) is 0 Å². The minimum atomic E-state index is -0.432. The van der Waals surface area contributed by atoms with Crippen LogP contribution in [0.4, 0.5) is 0 Å². The summed E-state index contributed by atoms with van der Waals surface area (Å²) in [7, 11) is 0. The lowest BCUT2D eigenvalue weighted by Crippen LogP contribution is -2.15. The molecule has 1 aliphatic carbocycles. The maximum atomic E-state index is 10.0. The summed E-state index contributed by atoms with van der Waals surface area (Å²) in [6.07, 6.45) is 2.76. The van der Waals surface area contributed by atoms with Gasteiger partial charge in [0.05, 0.1) is 12.2 Å². The van der Waals surface area contributed by atoms with E-state index >= 15 is 0 Å². The van der Waals surface area contributed by atoms with Gasteiger partial charge in [-0.3, -0.25) is 0 Å². The third kappa shape index (κ3) is 2.56. The Kier molecular flexibility index (Phi) is 3.20. The molecule has 2 heteroatoms. The number of benzene rings is 1. The fourth-order valence-corrected chi connectivity index (χ4v) is 2.25. The molecule has 0 bridgehead atoms. The number of hydrogen-bond donors (Lipinski definition) is 1. The van der Waals surface area contributed by atoms with Gasteiger partial charge in [0.15, 0.2) is 0 Å². The first kappa shape index (κ1) is 11.5. The molecule has 0 heterocycles. The molecule has 16 heavy (non-hydrogen) atoms. The second kappa shape index (κ2) is 4.46. The molecule has 0 aromatic heterocycles. The van der Waals surface area contributed by atoms with Crippen molar-refractivity contribution < 1.29 is 9.84 Å². The van der Waals surface area contributed by atoms with E-state index in [0.29, 0.717) is 12.5 Å². The van der Waals surface area contributed by atoms with Gasteiger partial charge in [0.1, 0.15) is 5.75 Å². The second-order valence-corrected chi connectivity index (χ2v) is 4.83. The zero-order chi connectivity index (χ0) is 11.6. The highest BCUT2D eigenvalue weighted by molar-refractivity contribution is 5.27. The van der Waals surface area contributed by atoms with Crippen molar-refractivity contribution in [2.45, 2.75) is 38.7 Å². The zero-order valence-electron chi connectivity index (χ0n) is 10.1. The summed E-state index contributed by atoms with van der Waals surface area (Å²) in [6, 6.07) is 8.02. The van der Waals surface area contributed by atoms with Crippen molar-refractivity contribution in [2.24, 2.45) is 5.92 Å². The SMILES string of the molecule is CCC1CC1(O)CCOc1cccc(C)c1. The predicted molar refractivity (Wildman–Crippen MR) is 64.6 cm³/mol. The Morgan fingerprint density at radius 2 is 2.31 bits per heavy atom. The van der Waals surface area contributed by atoms with Crippen LogP contribution in [0.15, 0.2) is 24.3 Å². The van der Waals surface area contributed by atoms with E-state index in [-0.39, 0.29) is 0 Å².